The minimum atomic E-state index is -0.840. The van der Waals surface area contributed by atoms with Gasteiger partial charge in [0.05, 0.1) is 13.0 Å². The molecule has 3 aromatic carbocycles. The average Bonchev–Trinajstić information content (AvgIpc) is 3.51. The van der Waals surface area contributed by atoms with Gasteiger partial charge >= 0.3 is 5.97 Å². The highest BCUT2D eigenvalue weighted by Crippen LogP contribution is 2.23. The van der Waals surface area contributed by atoms with Crippen LogP contribution < -0.4 is 5.32 Å². The molecule has 1 aromatic heterocycles. The fourth-order valence-corrected chi connectivity index (χ4v) is 5.67. The summed E-state index contributed by atoms with van der Waals surface area (Å²) in [5, 5.41) is 6.93. The number of benzene rings is 3. The van der Waals surface area contributed by atoms with Crippen LogP contribution in [0.25, 0.3) is 11.1 Å². The Balaban J connectivity index is 1.46. The zero-order valence-corrected chi connectivity index (χ0v) is 22.7. The molecule has 4 rings (SSSR count). The monoisotopic (exact) mass is 543 g/mol. The minimum absolute atomic E-state index is 0.0910. The molecular weight excluding hydrogens is 514 g/mol. The van der Waals surface area contributed by atoms with Crippen molar-refractivity contribution >= 4 is 40.1 Å². The molecule has 1 N–H and O–H groups in total. The van der Waals surface area contributed by atoms with Crippen LogP contribution in [0.15, 0.2) is 102 Å². The molecule has 1 amide bonds. The van der Waals surface area contributed by atoms with Gasteiger partial charge in [-0.1, -0.05) is 96.7 Å². The van der Waals surface area contributed by atoms with Gasteiger partial charge in [-0.3, -0.25) is 9.59 Å². The number of hydrogen-bond acceptors (Lipinski definition) is 6. The number of rotatable bonds is 11. The van der Waals surface area contributed by atoms with Gasteiger partial charge in [-0.15, -0.1) is 0 Å². The first-order chi connectivity index (χ1) is 18.5. The number of nitrogens with one attached hydrogen (secondary N) is 1. The van der Waals surface area contributed by atoms with Gasteiger partial charge in [-0.05, 0) is 45.5 Å². The van der Waals surface area contributed by atoms with Gasteiger partial charge in [0, 0.05) is 17.7 Å². The number of ether oxygens (including phenoxy) is 1. The van der Waals surface area contributed by atoms with Gasteiger partial charge in [0.25, 0.3) is 0 Å². The lowest BCUT2D eigenvalue weighted by Gasteiger charge is -2.21. The van der Waals surface area contributed by atoms with Crippen molar-refractivity contribution in [1.82, 2.24) is 5.32 Å². The Hall–Kier alpha value is -3.68. The second kappa shape index (κ2) is 13.7. The van der Waals surface area contributed by atoms with E-state index in [1.54, 1.807) is 23.5 Å². The van der Waals surface area contributed by atoms with E-state index >= 15 is 0 Å². The van der Waals surface area contributed by atoms with Gasteiger partial charge < -0.3 is 10.1 Å². The SMILES string of the molecule is COC(=O)[C@H](Cc1ccc(-c2ccsc2)cc1)NC(=O)C(CSC(=O)c1ccccc1)Cc1ccccc1. The lowest BCUT2D eigenvalue weighted by molar-refractivity contribution is -0.145. The van der Waals surface area contributed by atoms with Gasteiger partial charge in [0.2, 0.25) is 11.0 Å². The van der Waals surface area contributed by atoms with E-state index in [9.17, 15) is 14.4 Å². The van der Waals surface area contributed by atoms with Gasteiger partial charge in [-0.2, -0.15) is 11.3 Å². The molecule has 0 aliphatic rings. The quantitative estimate of drug-likeness (QED) is 0.233. The molecule has 1 heterocycles. The lowest BCUT2D eigenvalue weighted by Crippen LogP contribution is -2.46. The first-order valence-electron chi connectivity index (χ1n) is 12.3. The minimum Gasteiger partial charge on any atom is -0.467 e. The van der Waals surface area contributed by atoms with Crippen LogP contribution >= 0.6 is 23.1 Å². The van der Waals surface area contributed by atoms with E-state index in [1.807, 2.05) is 78.2 Å². The summed E-state index contributed by atoms with van der Waals surface area (Å²) >= 11 is 2.75. The van der Waals surface area contributed by atoms with Crippen molar-refractivity contribution in [1.29, 1.82) is 0 Å². The van der Waals surface area contributed by atoms with Crippen molar-refractivity contribution in [3.8, 4) is 11.1 Å². The van der Waals surface area contributed by atoms with E-state index in [-0.39, 0.29) is 16.8 Å². The molecule has 0 aliphatic heterocycles. The van der Waals surface area contributed by atoms with Crippen molar-refractivity contribution in [3.63, 3.8) is 0 Å². The first kappa shape index (κ1) is 27.4. The van der Waals surface area contributed by atoms with Crippen LogP contribution in [0.2, 0.25) is 0 Å². The van der Waals surface area contributed by atoms with Crippen LogP contribution in [0.1, 0.15) is 21.5 Å². The van der Waals surface area contributed by atoms with Crippen molar-refractivity contribution in [2.24, 2.45) is 5.92 Å². The topological polar surface area (TPSA) is 72.5 Å². The smallest absolute Gasteiger partial charge is 0.328 e. The number of carbonyl (C=O) groups excluding carboxylic acids is 3. The van der Waals surface area contributed by atoms with E-state index in [1.165, 1.54) is 7.11 Å². The fraction of sp³-hybridized carbons (Fsp3) is 0.194. The Morgan fingerprint density at radius 1 is 0.816 bits per heavy atom. The summed E-state index contributed by atoms with van der Waals surface area (Å²) < 4.78 is 5.01. The molecule has 0 spiro atoms. The summed E-state index contributed by atoms with van der Waals surface area (Å²) in [6, 6.07) is 27.9. The summed E-state index contributed by atoms with van der Waals surface area (Å²) in [7, 11) is 1.32. The summed E-state index contributed by atoms with van der Waals surface area (Å²) in [4.78, 5) is 38.8. The number of methoxy groups -OCH3 is 1. The van der Waals surface area contributed by atoms with Crippen LogP contribution in [0.4, 0.5) is 0 Å². The highest BCUT2D eigenvalue weighted by molar-refractivity contribution is 8.14. The molecule has 0 fully saturated rings. The Labute approximate surface area is 231 Å². The summed E-state index contributed by atoms with van der Waals surface area (Å²) in [6.45, 7) is 0. The first-order valence-corrected chi connectivity index (χ1v) is 14.2. The molecule has 0 saturated heterocycles. The zero-order chi connectivity index (χ0) is 26.7. The molecular formula is C31H29NO4S2. The summed E-state index contributed by atoms with van der Waals surface area (Å²) in [5.41, 5.74) is 4.73. The molecule has 5 nitrogen and oxygen atoms in total. The molecule has 0 aliphatic carbocycles. The lowest BCUT2D eigenvalue weighted by atomic mass is 9.98. The maximum Gasteiger partial charge on any atom is 0.328 e. The predicted molar refractivity (Wildman–Crippen MR) is 154 cm³/mol. The number of amides is 1. The van der Waals surface area contributed by atoms with Crippen LogP contribution in [-0.2, 0) is 27.2 Å². The van der Waals surface area contributed by atoms with Crippen molar-refractivity contribution in [2.45, 2.75) is 18.9 Å². The third-order valence-corrected chi connectivity index (χ3v) is 7.92. The highest BCUT2D eigenvalue weighted by atomic mass is 32.2. The molecule has 7 heteroatoms. The van der Waals surface area contributed by atoms with Crippen molar-refractivity contribution in [3.05, 3.63) is 118 Å². The molecule has 4 aromatic rings. The van der Waals surface area contributed by atoms with E-state index in [0.717, 1.165) is 34.0 Å². The molecule has 0 radical (unpaired) electrons. The zero-order valence-electron chi connectivity index (χ0n) is 21.0. The maximum absolute atomic E-state index is 13.5. The fourth-order valence-electron chi connectivity index (χ4n) is 4.08. The van der Waals surface area contributed by atoms with Crippen molar-refractivity contribution in [2.75, 3.05) is 12.9 Å². The van der Waals surface area contributed by atoms with Crippen LogP contribution in [-0.4, -0.2) is 35.9 Å². The van der Waals surface area contributed by atoms with E-state index < -0.39 is 17.9 Å². The third-order valence-electron chi connectivity index (χ3n) is 6.17. The molecule has 0 saturated carbocycles. The van der Waals surface area contributed by atoms with Crippen LogP contribution in [0.3, 0.4) is 0 Å². The Morgan fingerprint density at radius 3 is 2.11 bits per heavy atom. The van der Waals surface area contributed by atoms with Gasteiger partial charge in [-0.25, -0.2) is 4.79 Å². The Kier molecular flexibility index (Phi) is 9.90. The van der Waals surface area contributed by atoms with Crippen molar-refractivity contribution < 1.29 is 19.1 Å². The van der Waals surface area contributed by atoms with Crippen LogP contribution in [0.5, 0.6) is 0 Å². The largest absolute Gasteiger partial charge is 0.467 e. The van der Waals surface area contributed by atoms with Gasteiger partial charge in [0.1, 0.15) is 6.04 Å². The number of thiophene rings is 1. The molecule has 0 bridgehead atoms. The standard InChI is InChI=1S/C31H29NO4S2/c1-36-30(34)28(19-23-12-14-24(15-13-23)26-16-17-37-20-26)32-29(33)27(18-22-8-4-2-5-9-22)21-38-31(35)25-10-6-3-7-11-25/h2-17,20,27-28H,18-19,21H2,1H3,(H,32,33)/t27?,28-/m0/s1. The number of thioether (sulfide) groups is 1. The predicted octanol–water partition coefficient (Wildman–Crippen LogP) is 6.05. The molecule has 2 atom stereocenters. The number of hydrogen-bond donors (Lipinski definition) is 1. The average molecular weight is 544 g/mol. The number of esters is 1. The van der Waals surface area contributed by atoms with E-state index in [2.05, 4.69) is 16.8 Å². The van der Waals surface area contributed by atoms with E-state index in [0.29, 0.717) is 18.4 Å². The highest BCUT2D eigenvalue weighted by Gasteiger charge is 2.27. The third kappa shape index (κ3) is 7.66. The second-order valence-corrected chi connectivity index (χ2v) is 10.6. The number of carbonyl (C=O) groups is 3. The van der Waals surface area contributed by atoms with Crippen LogP contribution in [0, 0.1) is 5.92 Å². The molecule has 1 unspecified atom stereocenters. The molecule has 38 heavy (non-hydrogen) atoms. The van der Waals surface area contributed by atoms with Gasteiger partial charge in [0.15, 0.2) is 0 Å². The normalized spacial score (nSPS) is 12.3. The summed E-state index contributed by atoms with van der Waals surface area (Å²) in [5.74, 6) is -1.01. The van der Waals surface area contributed by atoms with E-state index in [4.69, 9.17) is 4.74 Å². The second-order valence-electron chi connectivity index (χ2n) is 8.85. The molecule has 194 valence electrons. The summed E-state index contributed by atoms with van der Waals surface area (Å²) in [6.07, 6.45) is 0.751. The Bertz CT molecular complexity index is 1320. The Morgan fingerprint density at radius 2 is 1.47 bits per heavy atom. The maximum atomic E-state index is 13.5.